The number of anilines is 1. The van der Waals surface area contributed by atoms with Crippen LogP contribution in [0.2, 0.25) is 0 Å². The van der Waals surface area contributed by atoms with Crippen molar-refractivity contribution in [3.05, 3.63) is 32.4 Å². The molecule has 2 heterocycles. The van der Waals surface area contributed by atoms with Crippen LogP contribution in [0.3, 0.4) is 0 Å². The lowest BCUT2D eigenvalue weighted by Crippen LogP contribution is -2.24. The van der Waals surface area contributed by atoms with Crippen molar-refractivity contribution < 1.29 is 4.79 Å². The molecule has 7 nitrogen and oxygen atoms in total. The molecule has 8 heteroatoms. The number of aryl methyl sites for hydroxylation is 2. The maximum atomic E-state index is 12.2. The lowest BCUT2D eigenvalue weighted by atomic mass is 9.90. The Kier molecular flexibility index (Phi) is 5.03. The summed E-state index contributed by atoms with van der Waals surface area (Å²) < 4.78 is 0. The molecule has 1 aliphatic rings. The Morgan fingerprint density at radius 2 is 2.00 bits per heavy atom. The minimum absolute atomic E-state index is 0.0210. The van der Waals surface area contributed by atoms with Crippen molar-refractivity contribution in [2.45, 2.75) is 58.3 Å². The molecule has 0 radical (unpaired) electrons. The summed E-state index contributed by atoms with van der Waals surface area (Å²) in [4.78, 5) is 31.0. The smallest absolute Gasteiger partial charge is 0.254 e. The van der Waals surface area contributed by atoms with Gasteiger partial charge in [0.05, 0.1) is 6.42 Å². The Balaban J connectivity index is 1.65. The van der Waals surface area contributed by atoms with Gasteiger partial charge in [0, 0.05) is 17.2 Å². The summed E-state index contributed by atoms with van der Waals surface area (Å²) in [7, 11) is 0. The Morgan fingerprint density at radius 3 is 2.71 bits per heavy atom. The highest BCUT2D eigenvalue weighted by Gasteiger charge is 2.20. The minimum Gasteiger partial charge on any atom is -0.311 e. The van der Waals surface area contributed by atoms with Crippen molar-refractivity contribution in [3.8, 4) is 0 Å². The van der Waals surface area contributed by atoms with E-state index in [1.807, 2.05) is 0 Å². The first-order chi connectivity index (χ1) is 11.5. The van der Waals surface area contributed by atoms with Crippen LogP contribution in [0.5, 0.6) is 0 Å². The fourth-order valence-electron chi connectivity index (χ4n) is 3.08. The number of rotatable bonds is 4. The molecule has 0 atom stereocenters. The van der Waals surface area contributed by atoms with E-state index in [1.165, 1.54) is 30.6 Å². The second kappa shape index (κ2) is 7.21. The van der Waals surface area contributed by atoms with Crippen LogP contribution in [0.15, 0.2) is 4.79 Å². The van der Waals surface area contributed by atoms with Crippen LogP contribution >= 0.6 is 11.3 Å². The van der Waals surface area contributed by atoms with Crippen molar-refractivity contribution in [3.63, 3.8) is 0 Å². The lowest BCUT2D eigenvalue weighted by Gasteiger charge is -2.18. The van der Waals surface area contributed by atoms with Crippen molar-refractivity contribution in [2.24, 2.45) is 0 Å². The highest BCUT2D eigenvalue weighted by atomic mass is 32.1. The summed E-state index contributed by atoms with van der Waals surface area (Å²) in [5.41, 5.74) is 0.692. The molecule has 0 spiro atoms. The van der Waals surface area contributed by atoms with Crippen LogP contribution in [-0.4, -0.2) is 26.1 Å². The summed E-state index contributed by atoms with van der Waals surface area (Å²) in [5.74, 6) is 0.733. The monoisotopic (exact) mass is 347 g/mol. The van der Waals surface area contributed by atoms with E-state index in [4.69, 9.17) is 0 Å². The average molecular weight is 347 g/mol. The first kappa shape index (κ1) is 16.8. The second-order valence-corrected chi connectivity index (χ2v) is 7.23. The number of nitrogens with zero attached hydrogens (tertiary/aromatic N) is 3. The first-order valence-corrected chi connectivity index (χ1v) is 9.04. The number of hydrogen-bond donors (Lipinski definition) is 2. The molecule has 1 saturated carbocycles. The van der Waals surface area contributed by atoms with Gasteiger partial charge in [-0.25, -0.2) is 4.98 Å². The standard InChI is InChI=1S/C16H21N5O2S/c1-9-12(14(23)18-10(2)17-9)8-13(22)19-16-21-20-15(24-16)11-6-4-3-5-7-11/h11H,3-8H2,1-2H3,(H,17,18,23)(H,19,21,22). The number of amides is 1. The summed E-state index contributed by atoms with van der Waals surface area (Å²) in [6, 6.07) is 0. The summed E-state index contributed by atoms with van der Waals surface area (Å²) in [6.07, 6.45) is 6.02. The zero-order chi connectivity index (χ0) is 17.1. The Bertz CT molecular complexity index is 792. The molecule has 1 aliphatic carbocycles. The normalized spacial score (nSPS) is 15.4. The maximum Gasteiger partial charge on any atom is 0.254 e. The molecule has 3 rings (SSSR count). The van der Waals surface area contributed by atoms with Crippen LogP contribution in [0.25, 0.3) is 0 Å². The molecular weight excluding hydrogens is 326 g/mol. The van der Waals surface area contributed by atoms with Crippen LogP contribution in [0.4, 0.5) is 5.13 Å². The summed E-state index contributed by atoms with van der Waals surface area (Å²) >= 11 is 1.43. The maximum absolute atomic E-state index is 12.2. The third kappa shape index (κ3) is 3.87. The number of H-pyrrole nitrogens is 1. The zero-order valence-corrected chi connectivity index (χ0v) is 14.7. The molecule has 0 bridgehead atoms. The first-order valence-electron chi connectivity index (χ1n) is 8.22. The van der Waals surface area contributed by atoms with Gasteiger partial charge < -0.3 is 10.3 Å². The van der Waals surface area contributed by atoms with Gasteiger partial charge in [0.25, 0.3) is 5.56 Å². The summed E-state index contributed by atoms with van der Waals surface area (Å²) in [6.45, 7) is 3.45. The van der Waals surface area contributed by atoms with E-state index in [9.17, 15) is 9.59 Å². The highest BCUT2D eigenvalue weighted by Crippen LogP contribution is 2.35. The molecule has 0 saturated heterocycles. The van der Waals surface area contributed by atoms with Gasteiger partial charge in [0.2, 0.25) is 11.0 Å². The fraction of sp³-hybridized carbons (Fsp3) is 0.562. The van der Waals surface area contributed by atoms with Crippen molar-refractivity contribution in [1.29, 1.82) is 0 Å². The van der Waals surface area contributed by atoms with Gasteiger partial charge in [-0.15, -0.1) is 10.2 Å². The van der Waals surface area contributed by atoms with Crippen molar-refractivity contribution >= 4 is 22.4 Å². The Morgan fingerprint density at radius 1 is 1.25 bits per heavy atom. The van der Waals surface area contributed by atoms with E-state index in [0.717, 1.165) is 17.8 Å². The molecule has 2 aromatic heterocycles. The number of aromatic nitrogens is 4. The lowest BCUT2D eigenvalue weighted by molar-refractivity contribution is -0.115. The topological polar surface area (TPSA) is 101 Å². The van der Waals surface area contributed by atoms with E-state index in [0.29, 0.717) is 28.1 Å². The third-order valence-corrected chi connectivity index (χ3v) is 5.32. The molecule has 2 aromatic rings. The predicted octanol–water partition coefficient (Wildman–Crippen LogP) is 2.47. The van der Waals surface area contributed by atoms with Crippen LogP contribution in [0, 0.1) is 13.8 Å². The Hall–Kier alpha value is -2.09. The summed E-state index contributed by atoms with van der Waals surface area (Å²) in [5, 5.41) is 12.5. The molecule has 1 fully saturated rings. The van der Waals surface area contributed by atoms with Gasteiger partial charge in [-0.1, -0.05) is 30.6 Å². The number of nitrogens with one attached hydrogen (secondary N) is 2. The van der Waals surface area contributed by atoms with Gasteiger partial charge in [-0.05, 0) is 26.7 Å². The van der Waals surface area contributed by atoms with Gasteiger partial charge in [0.15, 0.2) is 0 Å². The number of carbonyl (C=O) groups is 1. The van der Waals surface area contributed by atoms with Gasteiger partial charge in [-0.3, -0.25) is 9.59 Å². The molecule has 0 unspecified atom stereocenters. The second-order valence-electron chi connectivity index (χ2n) is 6.22. The van der Waals surface area contributed by atoms with E-state index >= 15 is 0 Å². The minimum atomic E-state index is -0.277. The van der Waals surface area contributed by atoms with E-state index in [-0.39, 0.29) is 17.9 Å². The van der Waals surface area contributed by atoms with Crippen LogP contribution < -0.4 is 10.9 Å². The zero-order valence-electron chi connectivity index (χ0n) is 13.9. The predicted molar refractivity (Wildman–Crippen MR) is 92.4 cm³/mol. The number of carbonyl (C=O) groups excluding carboxylic acids is 1. The highest BCUT2D eigenvalue weighted by molar-refractivity contribution is 7.15. The average Bonchev–Trinajstić information content (AvgIpc) is 3.00. The van der Waals surface area contributed by atoms with E-state index in [1.54, 1.807) is 13.8 Å². The molecule has 24 heavy (non-hydrogen) atoms. The van der Waals surface area contributed by atoms with Gasteiger partial charge in [0.1, 0.15) is 10.8 Å². The SMILES string of the molecule is Cc1nc(C)c(CC(=O)Nc2nnc(C3CCCCC3)s2)c(=O)[nH]1. The van der Waals surface area contributed by atoms with Crippen LogP contribution in [0.1, 0.15) is 60.1 Å². The largest absolute Gasteiger partial charge is 0.311 e. The van der Waals surface area contributed by atoms with E-state index in [2.05, 4.69) is 25.5 Å². The molecule has 128 valence electrons. The van der Waals surface area contributed by atoms with Crippen LogP contribution in [-0.2, 0) is 11.2 Å². The van der Waals surface area contributed by atoms with Crippen molar-refractivity contribution in [2.75, 3.05) is 5.32 Å². The van der Waals surface area contributed by atoms with Gasteiger partial charge in [-0.2, -0.15) is 0 Å². The molecule has 2 N–H and O–H groups in total. The number of hydrogen-bond acceptors (Lipinski definition) is 6. The molecular formula is C16H21N5O2S. The van der Waals surface area contributed by atoms with Crippen molar-refractivity contribution in [1.82, 2.24) is 20.2 Å². The van der Waals surface area contributed by atoms with Gasteiger partial charge >= 0.3 is 0 Å². The molecule has 0 aliphatic heterocycles. The Labute approximate surface area is 143 Å². The molecule has 1 amide bonds. The van der Waals surface area contributed by atoms with E-state index < -0.39 is 0 Å². The number of aromatic amines is 1. The molecule has 0 aromatic carbocycles. The fourth-order valence-corrected chi connectivity index (χ4v) is 4.01. The quantitative estimate of drug-likeness (QED) is 0.885. The third-order valence-electron chi connectivity index (χ3n) is 4.32.